The van der Waals surface area contributed by atoms with E-state index >= 15 is 0 Å². The van der Waals surface area contributed by atoms with Crippen molar-refractivity contribution in [3.63, 3.8) is 0 Å². The first-order chi connectivity index (χ1) is 7.20. The minimum atomic E-state index is -0.282. The van der Waals surface area contributed by atoms with Crippen molar-refractivity contribution in [2.45, 2.75) is 19.4 Å². The lowest BCUT2D eigenvalue weighted by Gasteiger charge is -2.16. The fourth-order valence-electron chi connectivity index (χ4n) is 1.96. The first-order valence-corrected chi connectivity index (χ1v) is 5.18. The molecule has 82 valence electrons. The molecule has 4 nitrogen and oxygen atoms in total. The number of aliphatic hydroxyl groups excluding tert-OH is 1. The molecule has 0 aromatic carbocycles. The molecule has 2 heterocycles. The molecule has 0 aliphatic carbocycles. The van der Waals surface area contributed by atoms with Crippen LogP contribution < -0.4 is 4.90 Å². The van der Waals surface area contributed by atoms with E-state index in [4.69, 9.17) is 4.42 Å². The van der Waals surface area contributed by atoms with Gasteiger partial charge < -0.3 is 14.4 Å². The largest absolute Gasteiger partial charge is 0.438 e. The zero-order valence-corrected chi connectivity index (χ0v) is 8.72. The molecule has 0 amide bonds. The maximum atomic E-state index is 10.5. The second-order valence-corrected chi connectivity index (χ2v) is 4.03. The summed E-state index contributed by atoms with van der Waals surface area (Å²) < 4.78 is 5.32. The van der Waals surface area contributed by atoms with Gasteiger partial charge in [0.15, 0.2) is 17.9 Å². The summed E-state index contributed by atoms with van der Waals surface area (Å²) in [6.07, 6.45) is 1.39. The molecule has 0 bridgehead atoms. The zero-order chi connectivity index (χ0) is 10.8. The minimum Gasteiger partial charge on any atom is -0.438 e. The third kappa shape index (κ3) is 2.04. The molecule has 15 heavy (non-hydrogen) atoms. The van der Waals surface area contributed by atoms with Gasteiger partial charge in [0.2, 0.25) is 0 Å². The zero-order valence-electron chi connectivity index (χ0n) is 8.72. The monoisotopic (exact) mass is 209 g/mol. The van der Waals surface area contributed by atoms with Gasteiger partial charge in [-0.15, -0.1) is 0 Å². The van der Waals surface area contributed by atoms with E-state index in [-0.39, 0.29) is 6.10 Å². The molecule has 1 aromatic rings. The van der Waals surface area contributed by atoms with Crippen molar-refractivity contribution in [2.24, 2.45) is 5.92 Å². The van der Waals surface area contributed by atoms with Crippen LogP contribution in [0.1, 0.15) is 23.9 Å². The molecule has 1 N–H and O–H groups in total. The minimum absolute atomic E-state index is 0.282. The topological polar surface area (TPSA) is 53.7 Å². The molecule has 1 aliphatic heterocycles. The van der Waals surface area contributed by atoms with E-state index in [0.717, 1.165) is 25.4 Å². The van der Waals surface area contributed by atoms with E-state index in [1.807, 2.05) is 6.92 Å². The highest BCUT2D eigenvalue weighted by Crippen LogP contribution is 2.26. The Labute approximate surface area is 88.5 Å². The van der Waals surface area contributed by atoms with Gasteiger partial charge in [-0.25, -0.2) is 0 Å². The Balaban J connectivity index is 2.04. The Morgan fingerprint density at radius 2 is 2.47 bits per heavy atom. The number of hydrogen-bond donors (Lipinski definition) is 1. The van der Waals surface area contributed by atoms with E-state index in [1.54, 1.807) is 12.1 Å². The number of aldehydes is 1. The number of aliphatic hydroxyl groups is 1. The molecule has 1 aliphatic rings. The number of anilines is 1. The van der Waals surface area contributed by atoms with Crippen LogP contribution in [0.5, 0.6) is 0 Å². The number of nitrogens with zero attached hydrogens (tertiary/aromatic N) is 1. The molecule has 2 rings (SSSR count). The van der Waals surface area contributed by atoms with Crippen molar-refractivity contribution in [3.8, 4) is 0 Å². The molecule has 4 heteroatoms. The van der Waals surface area contributed by atoms with Crippen LogP contribution in [0.2, 0.25) is 0 Å². The van der Waals surface area contributed by atoms with Gasteiger partial charge in [-0.05, 0) is 19.4 Å². The van der Waals surface area contributed by atoms with Crippen molar-refractivity contribution in [2.75, 3.05) is 18.0 Å². The first kappa shape index (κ1) is 10.2. The Hall–Kier alpha value is -1.29. The van der Waals surface area contributed by atoms with Gasteiger partial charge in [-0.1, -0.05) is 0 Å². The van der Waals surface area contributed by atoms with Crippen molar-refractivity contribution in [3.05, 3.63) is 17.9 Å². The number of hydrogen-bond acceptors (Lipinski definition) is 4. The van der Waals surface area contributed by atoms with Crippen LogP contribution in [0.3, 0.4) is 0 Å². The Morgan fingerprint density at radius 3 is 3.00 bits per heavy atom. The summed E-state index contributed by atoms with van der Waals surface area (Å²) in [4.78, 5) is 12.5. The number of carbonyl (C=O) groups excluding carboxylic acids is 1. The predicted octanol–water partition coefficient (Wildman–Crippen LogP) is 1.30. The maximum absolute atomic E-state index is 10.5. The van der Waals surface area contributed by atoms with E-state index in [0.29, 0.717) is 18.0 Å². The Kier molecular flexibility index (Phi) is 2.77. The third-order valence-corrected chi connectivity index (χ3v) is 2.95. The molecule has 0 radical (unpaired) electrons. The SMILES string of the molecule is CC(O)C1CCN(c2ccc(C=O)o2)C1. The van der Waals surface area contributed by atoms with Crippen molar-refractivity contribution >= 4 is 12.2 Å². The van der Waals surface area contributed by atoms with Crippen LogP contribution in [0.25, 0.3) is 0 Å². The summed E-state index contributed by atoms with van der Waals surface area (Å²) in [6, 6.07) is 3.46. The van der Waals surface area contributed by atoms with Crippen molar-refractivity contribution in [1.82, 2.24) is 0 Å². The lowest BCUT2D eigenvalue weighted by Crippen LogP contribution is -2.23. The average molecular weight is 209 g/mol. The second kappa shape index (κ2) is 4.06. The predicted molar refractivity (Wildman–Crippen MR) is 56.1 cm³/mol. The summed E-state index contributed by atoms with van der Waals surface area (Å²) in [5, 5.41) is 9.45. The highest BCUT2D eigenvalue weighted by Gasteiger charge is 2.27. The first-order valence-electron chi connectivity index (χ1n) is 5.18. The summed E-state index contributed by atoms with van der Waals surface area (Å²) in [7, 11) is 0. The van der Waals surface area contributed by atoms with Crippen LogP contribution in [-0.4, -0.2) is 30.6 Å². The standard InChI is InChI=1S/C11H15NO3/c1-8(14)9-4-5-12(6-9)11-3-2-10(7-13)15-11/h2-3,7-9,14H,4-6H2,1H3. The number of carbonyl (C=O) groups is 1. The molecule has 1 fully saturated rings. The van der Waals surface area contributed by atoms with Crippen LogP contribution in [0.4, 0.5) is 5.88 Å². The quantitative estimate of drug-likeness (QED) is 0.762. The second-order valence-electron chi connectivity index (χ2n) is 4.03. The highest BCUT2D eigenvalue weighted by molar-refractivity contribution is 5.71. The Bertz CT molecular complexity index is 345. The normalized spacial score (nSPS) is 23.1. The number of furan rings is 1. The van der Waals surface area contributed by atoms with Crippen LogP contribution in [0, 0.1) is 5.92 Å². The van der Waals surface area contributed by atoms with Gasteiger partial charge in [0, 0.05) is 25.1 Å². The molecule has 2 atom stereocenters. The molecular weight excluding hydrogens is 194 g/mol. The van der Waals surface area contributed by atoms with Gasteiger partial charge >= 0.3 is 0 Å². The number of rotatable bonds is 3. The van der Waals surface area contributed by atoms with Gasteiger partial charge in [-0.2, -0.15) is 0 Å². The molecule has 2 unspecified atom stereocenters. The van der Waals surface area contributed by atoms with Crippen molar-refractivity contribution in [1.29, 1.82) is 0 Å². The van der Waals surface area contributed by atoms with Crippen LogP contribution in [0.15, 0.2) is 16.5 Å². The van der Waals surface area contributed by atoms with E-state index in [9.17, 15) is 9.90 Å². The fraction of sp³-hybridized carbons (Fsp3) is 0.545. The third-order valence-electron chi connectivity index (χ3n) is 2.95. The molecule has 0 saturated carbocycles. The fourth-order valence-corrected chi connectivity index (χ4v) is 1.96. The average Bonchev–Trinajstić information content (AvgIpc) is 2.86. The Morgan fingerprint density at radius 1 is 1.67 bits per heavy atom. The summed E-state index contributed by atoms with van der Waals surface area (Å²) in [6.45, 7) is 3.48. The molecule has 0 spiro atoms. The smallest absolute Gasteiger partial charge is 0.196 e. The van der Waals surface area contributed by atoms with Gasteiger partial charge in [0.25, 0.3) is 0 Å². The van der Waals surface area contributed by atoms with Gasteiger partial charge in [0.1, 0.15) is 0 Å². The van der Waals surface area contributed by atoms with Gasteiger partial charge in [0.05, 0.1) is 6.10 Å². The lowest BCUT2D eigenvalue weighted by atomic mass is 10.0. The molecule has 1 saturated heterocycles. The maximum Gasteiger partial charge on any atom is 0.196 e. The van der Waals surface area contributed by atoms with Crippen LogP contribution in [-0.2, 0) is 0 Å². The van der Waals surface area contributed by atoms with Crippen LogP contribution >= 0.6 is 0 Å². The highest BCUT2D eigenvalue weighted by atomic mass is 16.4. The lowest BCUT2D eigenvalue weighted by molar-refractivity contribution is 0.110. The van der Waals surface area contributed by atoms with E-state index < -0.39 is 0 Å². The van der Waals surface area contributed by atoms with E-state index in [1.165, 1.54) is 0 Å². The summed E-state index contributed by atoms with van der Waals surface area (Å²) in [5.74, 6) is 1.38. The molecular formula is C11H15NO3. The van der Waals surface area contributed by atoms with Gasteiger partial charge in [-0.3, -0.25) is 4.79 Å². The molecule has 1 aromatic heterocycles. The summed E-state index contributed by atoms with van der Waals surface area (Å²) in [5.41, 5.74) is 0. The van der Waals surface area contributed by atoms with Crippen molar-refractivity contribution < 1.29 is 14.3 Å². The summed E-state index contributed by atoms with van der Waals surface area (Å²) >= 11 is 0. The van der Waals surface area contributed by atoms with E-state index in [2.05, 4.69) is 4.90 Å².